The van der Waals surface area contributed by atoms with Gasteiger partial charge >= 0.3 is 5.97 Å². The molecule has 2 fully saturated rings. The molecule has 0 N–H and O–H groups in total. The molecule has 3 atom stereocenters. The van der Waals surface area contributed by atoms with E-state index in [0.29, 0.717) is 16.6 Å². The Balaban J connectivity index is 1.51. The number of anilines is 1. The number of ether oxygens (including phenoxy) is 1. The van der Waals surface area contributed by atoms with Crippen molar-refractivity contribution >= 4 is 46.7 Å². The molecular formula is C22H19Cl2NO4. The van der Waals surface area contributed by atoms with Gasteiger partial charge in [0.15, 0.2) is 0 Å². The molecule has 0 bridgehead atoms. The number of amides is 2. The monoisotopic (exact) mass is 431 g/mol. The van der Waals surface area contributed by atoms with Crippen molar-refractivity contribution in [3.8, 4) is 5.75 Å². The minimum absolute atomic E-state index is 0.143. The van der Waals surface area contributed by atoms with Crippen LogP contribution in [0.25, 0.3) is 0 Å². The molecule has 0 unspecified atom stereocenters. The van der Waals surface area contributed by atoms with Gasteiger partial charge in [-0.2, -0.15) is 0 Å². The van der Waals surface area contributed by atoms with Gasteiger partial charge in [-0.05, 0) is 67.6 Å². The van der Waals surface area contributed by atoms with E-state index in [4.69, 9.17) is 27.9 Å². The molecule has 2 aromatic rings. The van der Waals surface area contributed by atoms with Crippen LogP contribution in [-0.2, 0) is 9.59 Å². The smallest absolute Gasteiger partial charge is 0.343 e. The van der Waals surface area contributed by atoms with Gasteiger partial charge in [0, 0.05) is 5.02 Å². The molecule has 2 aromatic carbocycles. The van der Waals surface area contributed by atoms with Crippen LogP contribution in [0.2, 0.25) is 10.0 Å². The number of benzene rings is 2. The maximum absolute atomic E-state index is 12.8. The molecular weight excluding hydrogens is 413 g/mol. The van der Waals surface area contributed by atoms with Crippen LogP contribution in [0.5, 0.6) is 5.75 Å². The minimum atomic E-state index is -0.595. The van der Waals surface area contributed by atoms with Gasteiger partial charge in [-0.25, -0.2) is 4.79 Å². The fraction of sp³-hybridized carbons (Fsp3) is 0.318. The van der Waals surface area contributed by atoms with E-state index in [1.165, 1.54) is 29.2 Å². The minimum Gasteiger partial charge on any atom is -0.421 e. The van der Waals surface area contributed by atoms with Crippen molar-refractivity contribution in [3.63, 3.8) is 0 Å². The highest BCUT2D eigenvalue weighted by Crippen LogP contribution is 2.42. The standard InChI is InChI=1S/C22H19Cl2NO4/c1-12-2-8-16-17(10-12)21(27)25(20(16)26)15-6-3-13(4-7-15)22(28)29-19-9-5-14(23)11-18(19)24/h3-7,9,11-12,16-17H,2,8,10H2,1H3/t12-,16+,17-/m1/s1. The van der Waals surface area contributed by atoms with Gasteiger partial charge < -0.3 is 4.74 Å². The Bertz CT molecular complexity index is 989. The summed E-state index contributed by atoms with van der Waals surface area (Å²) in [6.45, 7) is 2.12. The molecule has 1 aliphatic carbocycles. The van der Waals surface area contributed by atoms with Crippen molar-refractivity contribution in [2.24, 2.45) is 17.8 Å². The summed E-state index contributed by atoms with van der Waals surface area (Å²) >= 11 is 11.9. The van der Waals surface area contributed by atoms with E-state index in [9.17, 15) is 14.4 Å². The Kier molecular flexibility index (Phi) is 5.36. The van der Waals surface area contributed by atoms with Gasteiger partial charge in [-0.1, -0.05) is 30.1 Å². The van der Waals surface area contributed by atoms with Gasteiger partial charge in [0.1, 0.15) is 5.75 Å². The normalized spacial score (nSPS) is 23.8. The summed E-state index contributed by atoms with van der Waals surface area (Å²) in [6, 6.07) is 10.8. The van der Waals surface area contributed by atoms with E-state index in [1.807, 2.05) is 0 Å². The lowest BCUT2D eigenvalue weighted by molar-refractivity contribution is -0.122. The van der Waals surface area contributed by atoms with Crippen LogP contribution in [0.1, 0.15) is 36.5 Å². The van der Waals surface area contributed by atoms with E-state index in [-0.39, 0.29) is 40.0 Å². The van der Waals surface area contributed by atoms with Crippen molar-refractivity contribution < 1.29 is 19.1 Å². The molecule has 1 saturated carbocycles. The van der Waals surface area contributed by atoms with Crippen LogP contribution >= 0.6 is 23.2 Å². The summed E-state index contributed by atoms with van der Waals surface area (Å²) < 4.78 is 5.31. The number of carbonyl (C=O) groups is 3. The lowest BCUT2D eigenvalue weighted by Gasteiger charge is -2.25. The topological polar surface area (TPSA) is 63.7 Å². The van der Waals surface area contributed by atoms with Crippen molar-refractivity contribution in [2.45, 2.75) is 26.2 Å². The number of esters is 1. The maximum Gasteiger partial charge on any atom is 0.343 e. The summed E-state index contributed by atoms with van der Waals surface area (Å²) in [6.07, 6.45) is 2.46. The van der Waals surface area contributed by atoms with Gasteiger partial charge in [0.25, 0.3) is 0 Å². The lowest BCUT2D eigenvalue weighted by atomic mass is 9.76. The first-order chi connectivity index (χ1) is 13.8. The van der Waals surface area contributed by atoms with Crippen molar-refractivity contribution in [1.29, 1.82) is 0 Å². The number of imide groups is 1. The third kappa shape index (κ3) is 3.77. The second-order valence-electron chi connectivity index (χ2n) is 7.65. The number of hydrogen-bond donors (Lipinski definition) is 0. The highest BCUT2D eigenvalue weighted by atomic mass is 35.5. The average molecular weight is 432 g/mol. The highest BCUT2D eigenvalue weighted by Gasteiger charge is 2.49. The van der Waals surface area contributed by atoms with Gasteiger partial charge in [0.05, 0.1) is 28.1 Å². The number of nitrogens with zero attached hydrogens (tertiary/aromatic N) is 1. The first kappa shape index (κ1) is 19.9. The summed E-state index contributed by atoms with van der Waals surface area (Å²) in [5.74, 6) is -0.691. The Morgan fingerprint density at radius 3 is 2.38 bits per heavy atom. The fourth-order valence-corrected chi connectivity index (χ4v) is 4.55. The fourth-order valence-electron chi connectivity index (χ4n) is 4.11. The first-order valence-corrected chi connectivity index (χ1v) is 10.3. The van der Waals surface area contributed by atoms with Crippen molar-refractivity contribution in [2.75, 3.05) is 4.90 Å². The van der Waals surface area contributed by atoms with Crippen LogP contribution in [-0.4, -0.2) is 17.8 Å². The molecule has 0 aromatic heterocycles. The van der Waals surface area contributed by atoms with Gasteiger partial charge in [-0.3, -0.25) is 14.5 Å². The van der Waals surface area contributed by atoms with E-state index >= 15 is 0 Å². The highest BCUT2D eigenvalue weighted by molar-refractivity contribution is 6.35. The number of halogens is 2. The number of hydrogen-bond acceptors (Lipinski definition) is 4. The molecule has 1 saturated heterocycles. The molecule has 1 aliphatic heterocycles. The Morgan fingerprint density at radius 1 is 1.00 bits per heavy atom. The average Bonchev–Trinajstić information content (AvgIpc) is 2.94. The molecule has 2 amide bonds. The summed E-state index contributed by atoms with van der Waals surface area (Å²) in [7, 11) is 0. The van der Waals surface area contributed by atoms with E-state index in [0.717, 1.165) is 19.3 Å². The molecule has 29 heavy (non-hydrogen) atoms. The molecule has 0 radical (unpaired) electrons. The predicted octanol–water partition coefficient (Wildman–Crippen LogP) is 5.14. The van der Waals surface area contributed by atoms with E-state index in [1.54, 1.807) is 18.2 Å². The van der Waals surface area contributed by atoms with Crippen LogP contribution in [0.3, 0.4) is 0 Å². The lowest BCUT2D eigenvalue weighted by Crippen LogP contribution is -2.30. The van der Waals surface area contributed by atoms with Crippen LogP contribution < -0.4 is 9.64 Å². The SMILES string of the molecule is C[C@@H]1CC[C@@H]2C(=O)N(c3ccc(C(=O)Oc4ccc(Cl)cc4Cl)cc3)C(=O)[C@@H]2C1. The summed E-state index contributed by atoms with van der Waals surface area (Å²) in [5, 5.41) is 0.668. The largest absolute Gasteiger partial charge is 0.421 e. The molecule has 2 aliphatic rings. The van der Waals surface area contributed by atoms with E-state index < -0.39 is 5.97 Å². The second kappa shape index (κ2) is 7.81. The second-order valence-corrected chi connectivity index (χ2v) is 8.50. The Labute approximate surface area is 178 Å². The zero-order valence-corrected chi connectivity index (χ0v) is 17.2. The molecule has 4 rings (SSSR count). The van der Waals surface area contributed by atoms with Crippen LogP contribution in [0, 0.1) is 17.8 Å². The van der Waals surface area contributed by atoms with Crippen LogP contribution in [0.4, 0.5) is 5.69 Å². The van der Waals surface area contributed by atoms with E-state index in [2.05, 4.69) is 6.92 Å². The van der Waals surface area contributed by atoms with Crippen molar-refractivity contribution in [1.82, 2.24) is 0 Å². The van der Waals surface area contributed by atoms with Crippen molar-refractivity contribution in [3.05, 3.63) is 58.1 Å². The zero-order chi connectivity index (χ0) is 20.7. The molecule has 1 heterocycles. The van der Waals surface area contributed by atoms with Crippen LogP contribution in [0.15, 0.2) is 42.5 Å². The molecule has 150 valence electrons. The Hall–Kier alpha value is -2.37. The third-order valence-corrected chi connectivity index (χ3v) is 6.18. The number of fused-ring (bicyclic) bond motifs is 1. The summed E-state index contributed by atoms with van der Waals surface area (Å²) in [4.78, 5) is 39.2. The zero-order valence-electron chi connectivity index (χ0n) is 15.7. The molecule has 5 nitrogen and oxygen atoms in total. The maximum atomic E-state index is 12.8. The summed E-state index contributed by atoms with van der Waals surface area (Å²) in [5.41, 5.74) is 0.757. The Morgan fingerprint density at radius 2 is 1.69 bits per heavy atom. The predicted molar refractivity (Wildman–Crippen MR) is 110 cm³/mol. The molecule has 0 spiro atoms. The quantitative estimate of drug-likeness (QED) is 0.383. The van der Waals surface area contributed by atoms with Gasteiger partial charge in [0.2, 0.25) is 11.8 Å². The number of carbonyl (C=O) groups excluding carboxylic acids is 3. The molecule has 7 heteroatoms. The third-order valence-electron chi connectivity index (χ3n) is 5.65. The van der Waals surface area contributed by atoms with Gasteiger partial charge in [-0.15, -0.1) is 0 Å². The number of rotatable bonds is 3. The first-order valence-electron chi connectivity index (χ1n) is 9.50.